The molecule has 5 heteroatoms. The van der Waals surface area contributed by atoms with E-state index < -0.39 is 0 Å². The molecule has 1 aromatic carbocycles. The second-order valence-electron chi connectivity index (χ2n) is 7.20. The lowest BCUT2D eigenvalue weighted by atomic mass is 10.0. The quantitative estimate of drug-likeness (QED) is 0.826. The summed E-state index contributed by atoms with van der Waals surface area (Å²) in [5.74, 6) is 0.818. The third kappa shape index (κ3) is 4.53. The normalized spacial score (nSPS) is 18.6. The number of benzene rings is 1. The van der Waals surface area contributed by atoms with E-state index in [1.807, 2.05) is 24.3 Å². The van der Waals surface area contributed by atoms with Crippen LogP contribution in [0.5, 0.6) is 5.75 Å². The first-order valence-corrected chi connectivity index (χ1v) is 9.30. The Morgan fingerprint density at radius 2 is 1.72 bits per heavy atom. The second kappa shape index (κ2) is 7.89. The number of hydrogen-bond donors (Lipinski definition) is 1. The standard InChI is InChI=1S/C20H28N2O3/c1-14(23)21-19(15-7-11-18(25-2)12-8-15)13-20(24)22(17-9-10-17)16-5-3-4-6-16/h7-8,11-12,16-17,19H,3-6,9-10,13H2,1-2H3,(H,21,23). The van der Waals surface area contributed by atoms with E-state index in [-0.39, 0.29) is 17.9 Å². The predicted molar refractivity (Wildman–Crippen MR) is 96.3 cm³/mol. The van der Waals surface area contributed by atoms with Crippen LogP contribution in [0, 0.1) is 0 Å². The van der Waals surface area contributed by atoms with Crippen molar-refractivity contribution in [2.75, 3.05) is 7.11 Å². The molecule has 0 spiro atoms. The number of hydrogen-bond acceptors (Lipinski definition) is 3. The largest absolute Gasteiger partial charge is 0.497 e. The number of carbonyl (C=O) groups excluding carboxylic acids is 2. The van der Waals surface area contributed by atoms with E-state index in [9.17, 15) is 9.59 Å². The highest BCUT2D eigenvalue weighted by atomic mass is 16.5. The summed E-state index contributed by atoms with van der Waals surface area (Å²) < 4.78 is 5.19. The first-order chi connectivity index (χ1) is 12.1. The fourth-order valence-corrected chi connectivity index (χ4v) is 3.85. The summed E-state index contributed by atoms with van der Waals surface area (Å²) >= 11 is 0. The van der Waals surface area contributed by atoms with Gasteiger partial charge in [0.25, 0.3) is 0 Å². The van der Waals surface area contributed by atoms with Crippen LogP contribution in [-0.4, -0.2) is 35.9 Å². The number of nitrogens with one attached hydrogen (secondary N) is 1. The maximum Gasteiger partial charge on any atom is 0.225 e. The molecular weight excluding hydrogens is 316 g/mol. The van der Waals surface area contributed by atoms with Crippen LogP contribution in [0.3, 0.4) is 0 Å². The topological polar surface area (TPSA) is 58.6 Å². The molecule has 0 bridgehead atoms. The molecular formula is C20H28N2O3. The van der Waals surface area contributed by atoms with Crippen molar-refractivity contribution >= 4 is 11.8 Å². The Kier molecular flexibility index (Phi) is 5.61. The Morgan fingerprint density at radius 3 is 2.24 bits per heavy atom. The van der Waals surface area contributed by atoms with Crippen LogP contribution in [0.4, 0.5) is 0 Å². The molecule has 2 amide bonds. The van der Waals surface area contributed by atoms with Crippen LogP contribution in [-0.2, 0) is 9.59 Å². The van der Waals surface area contributed by atoms with Gasteiger partial charge in [0.15, 0.2) is 0 Å². The summed E-state index contributed by atoms with van der Waals surface area (Å²) in [6.45, 7) is 1.50. The molecule has 136 valence electrons. The Morgan fingerprint density at radius 1 is 1.12 bits per heavy atom. The van der Waals surface area contributed by atoms with Gasteiger partial charge >= 0.3 is 0 Å². The minimum atomic E-state index is -0.293. The van der Waals surface area contributed by atoms with Gasteiger partial charge in [0.05, 0.1) is 19.6 Å². The molecule has 2 aliphatic carbocycles. The second-order valence-corrected chi connectivity index (χ2v) is 7.20. The zero-order chi connectivity index (χ0) is 17.8. The molecule has 2 fully saturated rings. The molecule has 1 unspecified atom stereocenters. The highest BCUT2D eigenvalue weighted by molar-refractivity contribution is 5.80. The summed E-state index contributed by atoms with van der Waals surface area (Å²) in [5, 5.41) is 2.94. The molecule has 25 heavy (non-hydrogen) atoms. The molecule has 0 saturated heterocycles. The third-order valence-corrected chi connectivity index (χ3v) is 5.22. The van der Waals surface area contributed by atoms with E-state index in [2.05, 4.69) is 10.2 Å². The summed E-state index contributed by atoms with van der Waals surface area (Å²) in [6, 6.07) is 8.10. The average molecular weight is 344 g/mol. The summed E-state index contributed by atoms with van der Waals surface area (Å²) in [6.07, 6.45) is 7.23. The number of amides is 2. The van der Waals surface area contributed by atoms with E-state index in [1.165, 1.54) is 19.8 Å². The molecule has 5 nitrogen and oxygen atoms in total. The molecule has 2 saturated carbocycles. The third-order valence-electron chi connectivity index (χ3n) is 5.22. The van der Waals surface area contributed by atoms with E-state index in [0.29, 0.717) is 18.5 Å². The predicted octanol–water partition coefficient (Wildman–Crippen LogP) is 3.20. The van der Waals surface area contributed by atoms with Crippen molar-refractivity contribution in [1.82, 2.24) is 10.2 Å². The van der Waals surface area contributed by atoms with E-state index in [1.54, 1.807) is 7.11 Å². The Hall–Kier alpha value is -2.04. The zero-order valence-corrected chi connectivity index (χ0v) is 15.2. The van der Waals surface area contributed by atoms with Gasteiger partial charge in [0, 0.05) is 19.0 Å². The van der Waals surface area contributed by atoms with Crippen LogP contribution >= 0.6 is 0 Å². The van der Waals surface area contributed by atoms with Crippen LogP contribution in [0.1, 0.15) is 63.5 Å². The smallest absolute Gasteiger partial charge is 0.225 e. The average Bonchev–Trinajstić information content (AvgIpc) is 3.28. The number of methoxy groups -OCH3 is 1. The van der Waals surface area contributed by atoms with Gasteiger partial charge in [-0.2, -0.15) is 0 Å². The van der Waals surface area contributed by atoms with Crippen molar-refractivity contribution in [3.05, 3.63) is 29.8 Å². The van der Waals surface area contributed by atoms with Crippen LogP contribution in [0.25, 0.3) is 0 Å². The van der Waals surface area contributed by atoms with Crippen molar-refractivity contribution in [2.45, 2.75) is 70.0 Å². The maximum atomic E-state index is 13.0. The first-order valence-electron chi connectivity index (χ1n) is 9.30. The van der Waals surface area contributed by atoms with Crippen molar-refractivity contribution < 1.29 is 14.3 Å². The van der Waals surface area contributed by atoms with Crippen LogP contribution < -0.4 is 10.1 Å². The van der Waals surface area contributed by atoms with Crippen molar-refractivity contribution in [2.24, 2.45) is 0 Å². The lowest BCUT2D eigenvalue weighted by Gasteiger charge is -2.31. The van der Waals surface area contributed by atoms with Gasteiger partial charge in [0.2, 0.25) is 11.8 Å². The monoisotopic (exact) mass is 344 g/mol. The van der Waals surface area contributed by atoms with Gasteiger partial charge < -0.3 is 15.0 Å². The fourth-order valence-electron chi connectivity index (χ4n) is 3.85. The molecule has 0 aliphatic heterocycles. The Balaban J connectivity index is 1.73. The van der Waals surface area contributed by atoms with Crippen molar-refractivity contribution in [1.29, 1.82) is 0 Å². The number of ether oxygens (including phenoxy) is 1. The SMILES string of the molecule is COc1ccc(C(CC(=O)N(C2CCCC2)C2CC2)NC(C)=O)cc1. The van der Waals surface area contributed by atoms with Gasteiger partial charge in [-0.3, -0.25) is 9.59 Å². The molecule has 0 radical (unpaired) electrons. The van der Waals surface area contributed by atoms with E-state index in [4.69, 9.17) is 4.74 Å². The van der Waals surface area contributed by atoms with E-state index >= 15 is 0 Å². The molecule has 2 aliphatic rings. The van der Waals surface area contributed by atoms with Crippen LogP contribution in [0.15, 0.2) is 24.3 Å². The lowest BCUT2D eigenvalue weighted by Crippen LogP contribution is -2.42. The van der Waals surface area contributed by atoms with Gasteiger partial charge in [-0.15, -0.1) is 0 Å². The van der Waals surface area contributed by atoms with Gasteiger partial charge in [-0.1, -0.05) is 25.0 Å². The van der Waals surface area contributed by atoms with Crippen molar-refractivity contribution in [3.8, 4) is 5.75 Å². The Labute approximate surface area is 149 Å². The van der Waals surface area contributed by atoms with Gasteiger partial charge in [0.1, 0.15) is 5.75 Å². The summed E-state index contributed by atoms with van der Waals surface area (Å²) in [4.78, 5) is 26.8. The van der Waals surface area contributed by atoms with Crippen LogP contribution in [0.2, 0.25) is 0 Å². The van der Waals surface area contributed by atoms with E-state index in [0.717, 1.165) is 37.0 Å². The van der Waals surface area contributed by atoms with Gasteiger partial charge in [-0.05, 0) is 43.4 Å². The minimum absolute atomic E-state index is 0.118. The minimum Gasteiger partial charge on any atom is -0.497 e. The van der Waals surface area contributed by atoms with Gasteiger partial charge in [-0.25, -0.2) is 0 Å². The summed E-state index contributed by atoms with van der Waals surface area (Å²) in [7, 11) is 1.62. The maximum absolute atomic E-state index is 13.0. The highest BCUT2D eigenvalue weighted by Crippen LogP contribution is 2.36. The number of nitrogens with zero attached hydrogens (tertiary/aromatic N) is 1. The molecule has 3 rings (SSSR count). The molecule has 1 atom stereocenters. The summed E-state index contributed by atoms with van der Waals surface area (Å²) in [5.41, 5.74) is 0.937. The first kappa shape index (κ1) is 17.8. The van der Waals surface area contributed by atoms with Crippen molar-refractivity contribution in [3.63, 3.8) is 0 Å². The number of carbonyl (C=O) groups is 2. The highest BCUT2D eigenvalue weighted by Gasteiger charge is 2.38. The fraction of sp³-hybridized carbons (Fsp3) is 0.600. The molecule has 1 N–H and O–H groups in total. The molecule has 0 heterocycles. The zero-order valence-electron chi connectivity index (χ0n) is 15.2. The molecule has 1 aromatic rings. The molecule has 0 aromatic heterocycles. The number of rotatable bonds is 7. The Bertz CT molecular complexity index is 604. The lowest BCUT2D eigenvalue weighted by molar-refractivity contribution is -0.135.